The van der Waals surface area contributed by atoms with Crippen LogP contribution in [0.2, 0.25) is 0 Å². The predicted octanol–water partition coefficient (Wildman–Crippen LogP) is 5.00. The van der Waals surface area contributed by atoms with Crippen LogP contribution in [0.1, 0.15) is 21.5 Å². The SMILES string of the molecule is O=C(CN1C(=O)S/C(=C\c2ccccc2OCc2ccc([N+](=O)[O-])cc2)C1=O)c1ccc([N+](=O)[O-])cc1. The first-order valence-electron chi connectivity index (χ1n) is 10.7. The second-order valence-corrected chi connectivity index (χ2v) is 8.74. The van der Waals surface area contributed by atoms with E-state index in [-0.39, 0.29) is 28.5 Å². The van der Waals surface area contributed by atoms with Crippen molar-refractivity contribution in [3.8, 4) is 5.75 Å². The number of thioether (sulfide) groups is 1. The van der Waals surface area contributed by atoms with Crippen molar-refractivity contribution in [3.05, 3.63) is 115 Å². The molecule has 37 heavy (non-hydrogen) atoms. The number of benzene rings is 3. The number of para-hydroxylation sites is 1. The molecule has 186 valence electrons. The fourth-order valence-corrected chi connectivity index (χ4v) is 4.22. The van der Waals surface area contributed by atoms with Crippen LogP contribution in [-0.2, 0) is 11.4 Å². The molecule has 0 atom stereocenters. The number of hydrogen-bond acceptors (Lipinski definition) is 9. The molecule has 0 aliphatic carbocycles. The fourth-order valence-electron chi connectivity index (χ4n) is 3.39. The van der Waals surface area contributed by atoms with Gasteiger partial charge in [0.05, 0.1) is 21.3 Å². The Morgan fingerprint density at radius 3 is 2.11 bits per heavy atom. The van der Waals surface area contributed by atoms with E-state index in [2.05, 4.69) is 0 Å². The molecule has 0 N–H and O–H groups in total. The Bertz CT molecular complexity index is 1440. The molecule has 0 saturated carbocycles. The summed E-state index contributed by atoms with van der Waals surface area (Å²) in [4.78, 5) is 59.4. The topological polar surface area (TPSA) is 150 Å². The highest BCUT2D eigenvalue weighted by Gasteiger charge is 2.36. The first kappa shape index (κ1) is 25.3. The van der Waals surface area contributed by atoms with Crippen molar-refractivity contribution in [1.82, 2.24) is 4.90 Å². The number of amides is 2. The molecule has 0 bridgehead atoms. The van der Waals surface area contributed by atoms with Gasteiger partial charge in [0.25, 0.3) is 22.5 Å². The minimum Gasteiger partial charge on any atom is -0.488 e. The van der Waals surface area contributed by atoms with Gasteiger partial charge in [0, 0.05) is 35.4 Å². The number of Topliss-reactive ketones (excluding diaryl/α,β-unsaturated/α-hetero) is 1. The Kier molecular flexibility index (Phi) is 7.39. The van der Waals surface area contributed by atoms with Gasteiger partial charge in [0.15, 0.2) is 5.78 Å². The minimum atomic E-state index is -0.643. The molecule has 11 nitrogen and oxygen atoms in total. The van der Waals surface area contributed by atoms with E-state index in [0.717, 1.165) is 4.90 Å². The number of carbonyl (C=O) groups is 3. The van der Waals surface area contributed by atoms with Gasteiger partial charge in [0.2, 0.25) is 0 Å². The number of non-ortho nitro benzene ring substituents is 2. The average molecular weight is 519 g/mol. The lowest BCUT2D eigenvalue weighted by Crippen LogP contribution is -2.33. The Hall–Kier alpha value is -4.84. The number of nitrogens with zero attached hydrogens (tertiary/aromatic N) is 3. The summed E-state index contributed by atoms with van der Waals surface area (Å²) < 4.78 is 5.84. The molecular weight excluding hydrogens is 502 g/mol. The van der Waals surface area contributed by atoms with Crippen molar-refractivity contribution in [2.24, 2.45) is 0 Å². The van der Waals surface area contributed by atoms with E-state index in [9.17, 15) is 34.6 Å². The molecule has 0 radical (unpaired) electrons. The number of nitro groups is 2. The summed E-state index contributed by atoms with van der Waals surface area (Å²) in [6.45, 7) is -0.383. The van der Waals surface area contributed by atoms with Crippen LogP contribution >= 0.6 is 11.8 Å². The molecule has 0 spiro atoms. The van der Waals surface area contributed by atoms with Crippen molar-refractivity contribution in [1.29, 1.82) is 0 Å². The zero-order valence-corrected chi connectivity index (χ0v) is 19.8. The third-order valence-electron chi connectivity index (χ3n) is 5.32. The van der Waals surface area contributed by atoms with E-state index in [1.54, 1.807) is 36.4 Å². The molecule has 12 heteroatoms. The van der Waals surface area contributed by atoms with Crippen molar-refractivity contribution < 1.29 is 29.0 Å². The van der Waals surface area contributed by atoms with E-state index in [1.807, 2.05) is 0 Å². The number of nitro benzene ring substituents is 2. The van der Waals surface area contributed by atoms with Gasteiger partial charge >= 0.3 is 0 Å². The van der Waals surface area contributed by atoms with Crippen molar-refractivity contribution in [3.63, 3.8) is 0 Å². The summed E-state index contributed by atoms with van der Waals surface area (Å²) in [5.74, 6) is -0.754. The average Bonchev–Trinajstić information content (AvgIpc) is 3.15. The lowest BCUT2D eigenvalue weighted by molar-refractivity contribution is -0.385. The zero-order chi connectivity index (χ0) is 26.5. The highest BCUT2D eigenvalue weighted by atomic mass is 32.2. The van der Waals surface area contributed by atoms with Crippen LogP contribution in [0.25, 0.3) is 6.08 Å². The van der Waals surface area contributed by atoms with Gasteiger partial charge in [-0.2, -0.15) is 0 Å². The second kappa shape index (κ2) is 10.8. The molecule has 0 aromatic heterocycles. The summed E-state index contributed by atoms with van der Waals surface area (Å²) in [6.07, 6.45) is 1.49. The molecule has 1 aliphatic rings. The molecular formula is C25H17N3O8S. The summed E-state index contributed by atoms with van der Waals surface area (Å²) in [7, 11) is 0. The largest absolute Gasteiger partial charge is 0.488 e. The van der Waals surface area contributed by atoms with E-state index in [1.165, 1.54) is 42.5 Å². The van der Waals surface area contributed by atoms with Gasteiger partial charge < -0.3 is 4.74 Å². The molecule has 3 aromatic carbocycles. The number of imide groups is 1. The molecule has 2 amide bonds. The Labute approximate surface area is 213 Å². The maximum absolute atomic E-state index is 12.9. The number of ether oxygens (including phenoxy) is 1. The molecule has 1 heterocycles. The number of rotatable bonds is 9. The lowest BCUT2D eigenvalue weighted by atomic mass is 10.1. The molecule has 3 aromatic rings. The highest BCUT2D eigenvalue weighted by molar-refractivity contribution is 8.18. The summed E-state index contributed by atoms with van der Waals surface area (Å²) in [5, 5.41) is 21.0. The summed E-state index contributed by atoms with van der Waals surface area (Å²) in [5.41, 5.74) is 1.15. The van der Waals surface area contributed by atoms with Crippen LogP contribution in [0, 0.1) is 20.2 Å². The summed E-state index contributed by atoms with van der Waals surface area (Å²) >= 11 is 0.685. The summed E-state index contributed by atoms with van der Waals surface area (Å²) in [6, 6.07) is 17.6. The molecule has 4 rings (SSSR count). The van der Waals surface area contributed by atoms with Gasteiger partial charge in [-0.1, -0.05) is 18.2 Å². The van der Waals surface area contributed by atoms with Gasteiger partial charge in [-0.05, 0) is 53.7 Å². The Morgan fingerprint density at radius 1 is 0.892 bits per heavy atom. The molecule has 0 unspecified atom stereocenters. The number of ketones is 1. The van der Waals surface area contributed by atoms with Crippen LogP contribution in [0.5, 0.6) is 5.75 Å². The first-order chi connectivity index (χ1) is 17.7. The van der Waals surface area contributed by atoms with E-state index < -0.39 is 33.3 Å². The predicted molar refractivity (Wildman–Crippen MR) is 134 cm³/mol. The maximum atomic E-state index is 12.9. The van der Waals surface area contributed by atoms with Crippen LogP contribution in [-0.4, -0.2) is 38.2 Å². The van der Waals surface area contributed by atoms with E-state index in [0.29, 0.717) is 28.6 Å². The van der Waals surface area contributed by atoms with Gasteiger partial charge in [0.1, 0.15) is 12.4 Å². The lowest BCUT2D eigenvalue weighted by Gasteiger charge is -2.11. The molecule has 1 aliphatic heterocycles. The van der Waals surface area contributed by atoms with Gasteiger partial charge in [-0.25, -0.2) is 0 Å². The quantitative estimate of drug-likeness (QED) is 0.165. The Balaban J connectivity index is 1.46. The van der Waals surface area contributed by atoms with Crippen LogP contribution in [0.4, 0.5) is 16.2 Å². The zero-order valence-electron chi connectivity index (χ0n) is 18.9. The normalized spacial score (nSPS) is 14.2. The van der Waals surface area contributed by atoms with Crippen LogP contribution in [0.15, 0.2) is 77.7 Å². The second-order valence-electron chi connectivity index (χ2n) is 7.75. The highest BCUT2D eigenvalue weighted by Crippen LogP contribution is 2.34. The van der Waals surface area contributed by atoms with Gasteiger partial charge in [-0.15, -0.1) is 0 Å². The fraction of sp³-hybridized carbons (Fsp3) is 0.0800. The maximum Gasteiger partial charge on any atom is 0.293 e. The van der Waals surface area contributed by atoms with Gasteiger partial charge in [-0.3, -0.25) is 39.5 Å². The monoisotopic (exact) mass is 519 g/mol. The molecule has 1 saturated heterocycles. The Morgan fingerprint density at radius 2 is 1.49 bits per heavy atom. The van der Waals surface area contributed by atoms with Crippen LogP contribution < -0.4 is 4.74 Å². The standard InChI is InChI=1S/C25H17N3O8S/c29-21(17-7-11-20(12-8-17)28(34)35)14-26-24(30)23(37-25(26)31)13-18-3-1-2-4-22(18)36-15-16-5-9-19(10-6-16)27(32)33/h1-13H,14-15H2/b23-13-. The van der Waals surface area contributed by atoms with E-state index >= 15 is 0 Å². The number of carbonyl (C=O) groups excluding carboxylic acids is 3. The van der Waals surface area contributed by atoms with Crippen molar-refractivity contribution >= 4 is 46.1 Å². The minimum absolute atomic E-state index is 0.0352. The smallest absolute Gasteiger partial charge is 0.293 e. The van der Waals surface area contributed by atoms with Crippen LogP contribution in [0.3, 0.4) is 0 Å². The third kappa shape index (κ3) is 5.87. The van der Waals surface area contributed by atoms with E-state index in [4.69, 9.17) is 4.74 Å². The van der Waals surface area contributed by atoms with Crippen molar-refractivity contribution in [2.75, 3.05) is 6.54 Å². The molecule has 1 fully saturated rings. The first-order valence-corrected chi connectivity index (χ1v) is 11.5. The number of hydrogen-bond donors (Lipinski definition) is 0. The van der Waals surface area contributed by atoms with Crippen molar-refractivity contribution in [2.45, 2.75) is 6.61 Å². The third-order valence-corrected chi connectivity index (χ3v) is 6.23.